The van der Waals surface area contributed by atoms with E-state index in [0.29, 0.717) is 12.6 Å². The van der Waals surface area contributed by atoms with Crippen molar-refractivity contribution >= 4 is 34.9 Å². The highest BCUT2D eigenvalue weighted by atomic mass is 35.5. The van der Waals surface area contributed by atoms with Gasteiger partial charge in [0.2, 0.25) is 0 Å². The molecular weight excluding hydrogens is 408 g/mol. The van der Waals surface area contributed by atoms with Gasteiger partial charge in [0.1, 0.15) is 5.54 Å². The van der Waals surface area contributed by atoms with Gasteiger partial charge in [0.25, 0.3) is 5.91 Å². The van der Waals surface area contributed by atoms with Crippen molar-refractivity contribution in [2.45, 2.75) is 52.1 Å². The molecule has 1 saturated carbocycles. The summed E-state index contributed by atoms with van der Waals surface area (Å²) in [6.45, 7) is 11.4. The van der Waals surface area contributed by atoms with Crippen molar-refractivity contribution in [3.05, 3.63) is 21.3 Å². The molecular formula is C21H31ClN4O2S. The van der Waals surface area contributed by atoms with Gasteiger partial charge in [0, 0.05) is 37.6 Å². The average Bonchev–Trinajstić information content (AvgIpc) is 3.11. The maximum atomic E-state index is 13.3. The van der Waals surface area contributed by atoms with Crippen LogP contribution in [-0.2, 0) is 11.3 Å². The summed E-state index contributed by atoms with van der Waals surface area (Å²) in [6.07, 6.45) is 2.56. The first-order valence-corrected chi connectivity index (χ1v) is 11.7. The van der Waals surface area contributed by atoms with Crippen LogP contribution >= 0.6 is 22.9 Å². The molecule has 0 bridgehead atoms. The normalized spacial score (nSPS) is 30.9. The summed E-state index contributed by atoms with van der Waals surface area (Å²) < 4.78 is 0.825. The number of nitrogens with one attached hydrogen (secondary N) is 1. The molecule has 1 aromatic heterocycles. The molecule has 2 atom stereocenters. The fourth-order valence-corrected chi connectivity index (χ4v) is 6.71. The van der Waals surface area contributed by atoms with E-state index in [9.17, 15) is 9.59 Å². The van der Waals surface area contributed by atoms with Gasteiger partial charge in [-0.15, -0.1) is 11.3 Å². The summed E-state index contributed by atoms with van der Waals surface area (Å²) in [7, 11) is 0. The Bertz CT molecular complexity index is 789. The lowest BCUT2D eigenvalue weighted by atomic mass is 9.64. The number of rotatable bonds is 4. The average molecular weight is 439 g/mol. The minimum atomic E-state index is -0.710. The highest BCUT2D eigenvalue weighted by Gasteiger charge is 2.56. The first kappa shape index (κ1) is 21.1. The molecule has 1 aromatic rings. The second kappa shape index (κ2) is 7.84. The summed E-state index contributed by atoms with van der Waals surface area (Å²) >= 11 is 7.65. The lowest BCUT2D eigenvalue weighted by Gasteiger charge is -2.44. The minimum Gasteiger partial charge on any atom is -0.323 e. The minimum absolute atomic E-state index is 0.0298. The first-order chi connectivity index (χ1) is 13.7. The van der Waals surface area contributed by atoms with Gasteiger partial charge in [-0.1, -0.05) is 32.4 Å². The van der Waals surface area contributed by atoms with E-state index in [-0.39, 0.29) is 17.4 Å². The number of thiophene rings is 1. The van der Waals surface area contributed by atoms with Crippen LogP contribution in [0.3, 0.4) is 0 Å². The third kappa shape index (κ3) is 4.48. The van der Waals surface area contributed by atoms with Crippen LogP contribution in [0.2, 0.25) is 4.34 Å². The van der Waals surface area contributed by atoms with Crippen LogP contribution in [0, 0.1) is 11.3 Å². The lowest BCUT2D eigenvalue weighted by molar-refractivity contribution is -0.136. The topological polar surface area (TPSA) is 55.9 Å². The molecule has 160 valence electrons. The van der Waals surface area contributed by atoms with Crippen LogP contribution in [-0.4, -0.2) is 65.0 Å². The second-order valence-electron chi connectivity index (χ2n) is 9.84. The number of urea groups is 1. The summed E-state index contributed by atoms with van der Waals surface area (Å²) in [4.78, 5) is 33.3. The van der Waals surface area contributed by atoms with Gasteiger partial charge in [0.15, 0.2) is 0 Å². The highest BCUT2D eigenvalue weighted by molar-refractivity contribution is 7.16. The van der Waals surface area contributed by atoms with E-state index in [1.54, 1.807) is 11.3 Å². The molecule has 3 fully saturated rings. The van der Waals surface area contributed by atoms with Gasteiger partial charge in [0.05, 0.1) is 11.0 Å². The first-order valence-electron chi connectivity index (χ1n) is 10.5. The van der Waals surface area contributed by atoms with Crippen molar-refractivity contribution in [3.8, 4) is 0 Å². The van der Waals surface area contributed by atoms with E-state index in [1.165, 1.54) is 9.78 Å². The number of hydrogen-bond acceptors (Lipinski definition) is 5. The molecule has 1 aliphatic carbocycles. The van der Waals surface area contributed by atoms with Crippen LogP contribution in [0.1, 0.15) is 44.9 Å². The van der Waals surface area contributed by atoms with Gasteiger partial charge in [-0.2, -0.15) is 0 Å². The van der Waals surface area contributed by atoms with Crippen molar-refractivity contribution in [1.82, 2.24) is 20.0 Å². The molecule has 29 heavy (non-hydrogen) atoms. The standard InChI is InChI=1S/C21H31ClN4O2S/c1-15-10-20(2,3)13-21(11-15)18(27)26(19(28)23-21)14-25-8-6-24(7-9-25)12-16-4-5-17(22)29-16/h4-5,15H,6-14H2,1-3H3,(H,23,28)/t15-,21-/m0/s1. The lowest BCUT2D eigenvalue weighted by Crippen LogP contribution is -2.55. The molecule has 8 heteroatoms. The van der Waals surface area contributed by atoms with Gasteiger partial charge < -0.3 is 5.32 Å². The van der Waals surface area contributed by atoms with E-state index in [1.807, 2.05) is 6.07 Å². The molecule has 1 spiro atoms. The number of nitrogens with zero attached hydrogens (tertiary/aromatic N) is 3. The van der Waals surface area contributed by atoms with E-state index in [2.05, 4.69) is 42.0 Å². The van der Waals surface area contributed by atoms with Crippen LogP contribution < -0.4 is 5.32 Å². The third-order valence-electron chi connectivity index (χ3n) is 6.44. The maximum Gasteiger partial charge on any atom is 0.326 e. The van der Waals surface area contributed by atoms with Gasteiger partial charge in [-0.25, -0.2) is 9.69 Å². The maximum absolute atomic E-state index is 13.3. The fraction of sp³-hybridized carbons (Fsp3) is 0.714. The molecule has 0 radical (unpaired) electrons. The summed E-state index contributed by atoms with van der Waals surface area (Å²) in [5.74, 6) is 0.398. The molecule has 2 saturated heterocycles. The molecule has 0 aromatic carbocycles. The zero-order valence-corrected chi connectivity index (χ0v) is 19.1. The summed E-state index contributed by atoms with van der Waals surface area (Å²) in [6, 6.07) is 3.80. The quantitative estimate of drug-likeness (QED) is 0.729. The number of carbonyl (C=O) groups excluding carboxylic acids is 2. The largest absolute Gasteiger partial charge is 0.326 e. The van der Waals surface area contributed by atoms with E-state index < -0.39 is 5.54 Å². The number of halogens is 1. The highest BCUT2D eigenvalue weighted by Crippen LogP contribution is 2.46. The van der Waals surface area contributed by atoms with Crippen LogP contribution in [0.5, 0.6) is 0 Å². The van der Waals surface area contributed by atoms with Crippen molar-refractivity contribution in [3.63, 3.8) is 0 Å². The number of imide groups is 1. The number of carbonyl (C=O) groups is 2. The van der Waals surface area contributed by atoms with Gasteiger partial charge in [-0.3, -0.25) is 14.6 Å². The smallest absolute Gasteiger partial charge is 0.323 e. The van der Waals surface area contributed by atoms with Gasteiger partial charge in [-0.05, 0) is 42.7 Å². The molecule has 2 aliphatic heterocycles. The Hall–Kier alpha value is -1.15. The van der Waals surface area contributed by atoms with Crippen molar-refractivity contribution in [2.24, 2.45) is 11.3 Å². The predicted octanol–water partition coefficient (Wildman–Crippen LogP) is 3.61. The molecule has 3 aliphatic rings. The Morgan fingerprint density at radius 3 is 2.45 bits per heavy atom. The predicted molar refractivity (Wildman–Crippen MR) is 116 cm³/mol. The molecule has 6 nitrogen and oxygen atoms in total. The Balaban J connectivity index is 1.34. The Labute approximate surface area is 182 Å². The van der Waals surface area contributed by atoms with Crippen molar-refractivity contribution in [1.29, 1.82) is 0 Å². The Morgan fingerprint density at radius 1 is 1.14 bits per heavy atom. The van der Waals surface area contributed by atoms with Crippen LogP contribution in [0.15, 0.2) is 12.1 Å². The second-order valence-corrected chi connectivity index (χ2v) is 11.6. The fourth-order valence-electron chi connectivity index (χ4n) is 5.58. The van der Waals surface area contributed by atoms with E-state index in [0.717, 1.165) is 56.3 Å². The van der Waals surface area contributed by atoms with Gasteiger partial charge >= 0.3 is 6.03 Å². The monoisotopic (exact) mass is 438 g/mol. The SMILES string of the molecule is C[C@H]1CC(C)(C)C[C@]2(C1)NC(=O)N(CN1CCN(Cc3ccc(Cl)s3)CC1)C2=O. The number of amides is 3. The number of piperazine rings is 1. The molecule has 1 N–H and O–H groups in total. The third-order valence-corrected chi connectivity index (χ3v) is 7.65. The molecule has 3 amide bonds. The Morgan fingerprint density at radius 2 is 1.83 bits per heavy atom. The Kier molecular flexibility index (Phi) is 5.70. The van der Waals surface area contributed by atoms with Crippen LogP contribution in [0.25, 0.3) is 0 Å². The number of hydrogen-bond donors (Lipinski definition) is 1. The van der Waals surface area contributed by atoms with Crippen molar-refractivity contribution in [2.75, 3.05) is 32.8 Å². The molecule has 0 unspecified atom stereocenters. The zero-order chi connectivity index (χ0) is 20.8. The van der Waals surface area contributed by atoms with Crippen LogP contribution in [0.4, 0.5) is 4.79 Å². The van der Waals surface area contributed by atoms with E-state index in [4.69, 9.17) is 11.6 Å². The molecule has 4 rings (SSSR count). The summed E-state index contributed by atoms with van der Waals surface area (Å²) in [5, 5.41) is 3.08. The zero-order valence-electron chi connectivity index (χ0n) is 17.5. The van der Waals surface area contributed by atoms with Crippen molar-refractivity contribution < 1.29 is 9.59 Å². The summed E-state index contributed by atoms with van der Waals surface area (Å²) in [5.41, 5.74) is -0.647. The molecule has 3 heterocycles. The van der Waals surface area contributed by atoms with E-state index >= 15 is 0 Å².